The molecule has 0 amide bonds. The van der Waals surface area contributed by atoms with E-state index in [1.807, 2.05) is 6.08 Å². The summed E-state index contributed by atoms with van der Waals surface area (Å²) in [6.45, 7) is 10.1. The van der Waals surface area contributed by atoms with E-state index in [2.05, 4.69) is 25.7 Å². The quantitative estimate of drug-likeness (QED) is 0.660. The van der Waals surface area contributed by atoms with Crippen LogP contribution in [-0.4, -0.2) is 25.3 Å². The van der Waals surface area contributed by atoms with Gasteiger partial charge in [-0.15, -0.1) is 6.58 Å². The van der Waals surface area contributed by atoms with Gasteiger partial charge in [0.15, 0.2) is 0 Å². The van der Waals surface area contributed by atoms with E-state index in [4.69, 9.17) is 4.74 Å². The first-order valence-corrected chi connectivity index (χ1v) is 5.72. The van der Waals surface area contributed by atoms with E-state index < -0.39 is 0 Å². The highest BCUT2D eigenvalue weighted by Gasteiger charge is 2.24. The lowest BCUT2D eigenvalue weighted by molar-refractivity contribution is 0.174. The Kier molecular flexibility index (Phi) is 5.20. The lowest BCUT2D eigenvalue weighted by Gasteiger charge is -2.25. The standard InChI is InChI=1S/C12H23NO/c1-4-6-10(3)13-12(5-2)11-7-8-14-9-11/h4,10-13H,1,5-9H2,2-3H3. The summed E-state index contributed by atoms with van der Waals surface area (Å²) in [4.78, 5) is 0. The van der Waals surface area contributed by atoms with Crippen molar-refractivity contribution < 1.29 is 4.74 Å². The third-order valence-electron chi connectivity index (χ3n) is 2.99. The second kappa shape index (κ2) is 6.20. The molecule has 82 valence electrons. The van der Waals surface area contributed by atoms with Gasteiger partial charge in [-0.1, -0.05) is 13.0 Å². The molecule has 1 fully saturated rings. The molecule has 1 rings (SSSR count). The van der Waals surface area contributed by atoms with Crippen molar-refractivity contribution in [2.75, 3.05) is 13.2 Å². The molecule has 14 heavy (non-hydrogen) atoms. The molecule has 2 heteroatoms. The Morgan fingerprint density at radius 2 is 2.43 bits per heavy atom. The Hall–Kier alpha value is -0.340. The van der Waals surface area contributed by atoms with Crippen molar-refractivity contribution in [2.24, 2.45) is 5.92 Å². The molecule has 1 aliphatic rings. The maximum absolute atomic E-state index is 5.42. The lowest BCUT2D eigenvalue weighted by Crippen LogP contribution is -2.41. The Morgan fingerprint density at radius 1 is 1.64 bits per heavy atom. The van der Waals surface area contributed by atoms with Crippen LogP contribution in [0, 0.1) is 5.92 Å². The topological polar surface area (TPSA) is 21.3 Å². The molecule has 0 bridgehead atoms. The van der Waals surface area contributed by atoms with Crippen LogP contribution in [-0.2, 0) is 4.74 Å². The number of ether oxygens (including phenoxy) is 1. The second-order valence-corrected chi connectivity index (χ2v) is 4.23. The number of hydrogen-bond acceptors (Lipinski definition) is 2. The molecule has 0 aromatic rings. The zero-order chi connectivity index (χ0) is 10.4. The highest BCUT2D eigenvalue weighted by atomic mass is 16.5. The van der Waals surface area contributed by atoms with Crippen molar-refractivity contribution in [3.05, 3.63) is 12.7 Å². The van der Waals surface area contributed by atoms with Crippen LogP contribution in [0.4, 0.5) is 0 Å². The van der Waals surface area contributed by atoms with Crippen LogP contribution in [0.25, 0.3) is 0 Å². The van der Waals surface area contributed by atoms with E-state index in [0.717, 1.165) is 19.6 Å². The zero-order valence-corrected chi connectivity index (χ0v) is 9.46. The molecule has 1 N–H and O–H groups in total. The summed E-state index contributed by atoms with van der Waals surface area (Å²) < 4.78 is 5.42. The SMILES string of the molecule is C=CCC(C)NC(CC)C1CCOC1. The van der Waals surface area contributed by atoms with Gasteiger partial charge in [-0.25, -0.2) is 0 Å². The zero-order valence-electron chi connectivity index (χ0n) is 9.46. The normalized spacial score (nSPS) is 26.0. The van der Waals surface area contributed by atoms with E-state index in [-0.39, 0.29) is 0 Å². The molecular weight excluding hydrogens is 174 g/mol. The van der Waals surface area contributed by atoms with Crippen LogP contribution in [0.1, 0.15) is 33.1 Å². The first kappa shape index (κ1) is 11.7. The van der Waals surface area contributed by atoms with Crippen LogP contribution < -0.4 is 5.32 Å². The summed E-state index contributed by atoms with van der Waals surface area (Å²) >= 11 is 0. The summed E-state index contributed by atoms with van der Waals surface area (Å²) in [7, 11) is 0. The van der Waals surface area contributed by atoms with Crippen LogP contribution in [0.3, 0.4) is 0 Å². The monoisotopic (exact) mass is 197 g/mol. The minimum Gasteiger partial charge on any atom is -0.381 e. The molecule has 0 aromatic carbocycles. The molecule has 0 aliphatic carbocycles. The van der Waals surface area contributed by atoms with Gasteiger partial charge in [0, 0.05) is 18.7 Å². The second-order valence-electron chi connectivity index (χ2n) is 4.23. The first-order valence-electron chi connectivity index (χ1n) is 5.72. The minimum atomic E-state index is 0.540. The molecule has 3 atom stereocenters. The van der Waals surface area contributed by atoms with Gasteiger partial charge in [-0.3, -0.25) is 0 Å². The van der Waals surface area contributed by atoms with E-state index in [9.17, 15) is 0 Å². The smallest absolute Gasteiger partial charge is 0.0510 e. The van der Waals surface area contributed by atoms with E-state index >= 15 is 0 Å². The Labute approximate surface area is 87.7 Å². The molecule has 1 saturated heterocycles. The largest absolute Gasteiger partial charge is 0.381 e. The van der Waals surface area contributed by atoms with Crippen LogP contribution in [0.2, 0.25) is 0 Å². The van der Waals surface area contributed by atoms with Crippen LogP contribution >= 0.6 is 0 Å². The highest BCUT2D eigenvalue weighted by Crippen LogP contribution is 2.19. The number of rotatable bonds is 6. The molecular formula is C12H23NO. The summed E-state index contributed by atoms with van der Waals surface area (Å²) in [6, 6.07) is 1.16. The molecule has 0 radical (unpaired) electrons. The Bertz CT molecular complexity index is 164. The lowest BCUT2D eigenvalue weighted by atomic mass is 9.96. The average Bonchev–Trinajstić information content (AvgIpc) is 2.67. The molecule has 0 aromatic heterocycles. The summed E-state index contributed by atoms with van der Waals surface area (Å²) in [5, 5.41) is 3.66. The first-order chi connectivity index (χ1) is 6.77. The fourth-order valence-electron chi connectivity index (χ4n) is 2.14. The third-order valence-corrected chi connectivity index (χ3v) is 2.99. The van der Waals surface area contributed by atoms with Crippen molar-refractivity contribution in [1.82, 2.24) is 5.32 Å². The van der Waals surface area contributed by atoms with Crippen LogP contribution in [0.5, 0.6) is 0 Å². The van der Waals surface area contributed by atoms with Gasteiger partial charge in [0.25, 0.3) is 0 Å². The third kappa shape index (κ3) is 3.43. The molecule has 0 spiro atoms. The van der Waals surface area contributed by atoms with Gasteiger partial charge < -0.3 is 10.1 Å². The minimum absolute atomic E-state index is 0.540. The van der Waals surface area contributed by atoms with Crippen molar-refractivity contribution in [3.63, 3.8) is 0 Å². The van der Waals surface area contributed by atoms with Gasteiger partial charge >= 0.3 is 0 Å². The van der Waals surface area contributed by atoms with Gasteiger partial charge in [0.2, 0.25) is 0 Å². The van der Waals surface area contributed by atoms with Crippen molar-refractivity contribution >= 4 is 0 Å². The predicted molar refractivity (Wildman–Crippen MR) is 60.4 cm³/mol. The molecule has 2 nitrogen and oxygen atoms in total. The fourth-order valence-corrected chi connectivity index (χ4v) is 2.14. The maximum atomic E-state index is 5.42. The molecule has 3 unspecified atom stereocenters. The van der Waals surface area contributed by atoms with Crippen LogP contribution in [0.15, 0.2) is 12.7 Å². The molecule has 0 saturated carbocycles. The number of hydrogen-bond donors (Lipinski definition) is 1. The molecule has 1 aliphatic heterocycles. The van der Waals surface area contributed by atoms with E-state index in [1.54, 1.807) is 0 Å². The number of nitrogens with one attached hydrogen (secondary N) is 1. The van der Waals surface area contributed by atoms with Crippen molar-refractivity contribution in [2.45, 2.75) is 45.2 Å². The summed E-state index contributed by atoms with van der Waals surface area (Å²) in [5.74, 6) is 0.715. The van der Waals surface area contributed by atoms with Gasteiger partial charge in [0.05, 0.1) is 6.61 Å². The fraction of sp³-hybridized carbons (Fsp3) is 0.833. The average molecular weight is 197 g/mol. The van der Waals surface area contributed by atoms with E-state index in [1.165, 1.54) is 12.8 Å². The van der Waals surface area contributed by atoms with Gasteiger partial charge in [-0.05, 0) is 32.1 Å². The van der Waals surface area contributed by atoms with Gasteiger partial charge in [0.1, 0.15) is 0 Å². The Balaban J connectivity index is 2.33. The van der Waals surface area contributed by atoms with Crippen molar-refractivity contribution in [3.8, 4) is 0 Å². The summed E-state index contributed by atoms with van der Waals surface area (Å²) in [5.41, 5.74) is 0. The predicted octanol–water partition coefficient (Wildman–Crippen LogP) is 2.36. The van der Waals surface area contributed by atoms with E-state index in [0.29, 0.717) is 18.0 Å². The summed E-state index contributed by atoms with van der Waals surface area (Å²) in [6.07, 6.45) is 5.43. The van der Waals surface area contributed by atoms with Crippen molar-refractivity contribution in [1.29, 1.82) is 0 Å². The van der Waals surface area contributed by atoms with Gasteiger partial charge in [-0.2, -0.15) is 0 Å². The Morgan fingerprint density at radius 3 is 2.93 bits per heavy atom. The maximum Gasteiger partial charge on any atom is 0.0510 e. The highest BCUT2D eigenvalue weighted by molar-refractivity contribution is 4.83. The molecule has 1 heterocycles.